The van der Waals surface area contributed by atoms with Crippen LogP contribution in [0.2, 0.25) is 5.02 Å². The van der Waals surface area contributed by atoms with E-state index in [1.54, 1.807) is 36.4 Å². The minimum absolute atomic E-state index is 0.0125. The highest BCUT2D eigenvalue weighted by molar-refractivity contribution is 6.47. The molecule has 6 nitrogen and oxygen atoms in total. The normalized spacial score (nSPS) is 15.4. The molecule has 36 heavy (non-hydrogen) atoms. The van der Waals surface area contributed by atoms with Crippen LogP contribution in [0.25, 0.3) is 0 Å². The third-order valence-corrected chi connectivity index (χ3v) is 7.21. The lowest BCUT2D eigenvalue weighted by Crippen LogP contribution is -2.35. The fraction of sp³-hybridized carbons (Fsp3) is 0.179. The summed E-state index contributed by atoms with van der Waals surface area (Å²) >= 11 is 12.4. The molecule has 2 aliphatic rings. The van der Waals surface area contributed by atoms with Crippen LogP contribution in [-0.4, -0.2) is 34.1 Å². The Hall–Kier alpha value is -3.61. The highest BCUT2D eigenvalue weighted by Gasteiger charge is 2.37. The molecule has 0 atom stereocenters. The molecule has 0 aromatic heterocycles. The molecule has 8 heteroatoms. The average Bonchev–Trinajstić information content (AvgIpc) is 3.11. The second kappa shape index (κ2) is 10.2. The summed E-state index contributed by atoms with van der Waals surface area (Å²) in [4.78, 5) is 41.4. The lowest BCUT2D eigenvalue weighted by atomic mass is 9.99. The maximum Gasteiger partial charge on any atom is 0.278 e. The van der Waals surface area contributed by atoms with Gasteiger partial charge in [0.05, 0.1) is 6.54 Å². The molecule has 182 valence electrons. The number of rotatable bonds is 6. The molecule has 0 radical (unpaired) electrons. The van der Waals surface area contributed by atoms with Gasteiger partial charge in [0, 0.05) is 30.2 Å². The summed E-state index contributed by atoms with van der Waals surface area (Å²) in [5.41, 5.74) is 4.64. The first-order valence-electron chi connectivity index (χ1n) is 11.6. The van der Waals surface area contributed by atoms with Crippen LogP contribution in [-0.2, 0) is 35.6 Å². The van der Waals surface area contributed by atoms with Gasteiger partial charge in [0.25, 0.3) is 17.7 Å². The third kappa shape index (κ3) is 4.74. The van der Waals surface area contributed by atoms with Crippen molar-refractivity contribution in [2.45, 2.75) is 26.1 Å². The number of imide groups is 1. The van der Waals surface area contributed by atoms with Crippen molar-refractivity contribution < 1.29 is 14.4 Å². The summed E-state index contributed by atoms with van der Waals surface area (Å²) < 4.78 is 0. The van der Waals surface area contributed by atoms with Gasteiger partial charge in [-0.2, -0.15) is 0 Å². The molecule has 0 saturated carbocycles. The Bertz CT molecular complexity index is 1380. The monoisotopic (exact) mass is 519 g/mol. The minimum atomic E-state index is -0.562. The predicted molar refractivity (Wildman–Crippen MR) is 138 cm³/mol. The van der Waals surface area contributed by atoms with E-state index in [2.05, 4.69) is 17.4 Å². The van der Waals surface area contributed by atoms with E-state index in [0.29, 0.717) is 29.2 Å². The number of hydrogen-bond acceptors (Lipinski definition) is 4. The van der Waals surface area contributed by atoms with Crippen molar-refractivity contribution in [2.24, 2.45) is 0 Å². The first-order chi connectivity index (χ1) is 17.4. The zero-order valence-corrected chi connectivity index (χ0v) is 20.9. The van der Waals surface area contributed by atoms with Gasteiger partial charge in [0.2, 0.25) is 0 Å². The number of nitrogens with zero attached hydrogens (tertiary/aromatic N) is 2. The lowest BCUT2D eigenvalue weighted by Gasteiger charge is -2.29. The van der Waals surface area contributed by atoms with Gasteiger partial charge in [-0.25, -0.2) is 0 Å². The summed E-state index contributed by atoms with van der Waals surface area (Å²) in [7, 11) is 0. The SMILES string of the molecule is O=C(c1ccc(CNC2=C(Cl)C(=O)N(Cc3ccccc3Cl)C2=O)cc1)N1CCc2ccccc2C1. The predicted octanol–water partition coefficient (Wildman–Crippen LogP) is 4.65. The van der Waals surface area contributed by atoms with Crippen LogP contribution >= 0.6 is 23.2 Å². The van der Waals surface area contributed by atoms with Crippen molar-refractivity contribution >= 4 is 40.9 Å². The van der Waals surface area contributed by atoms with Crippen molar-refractivity contribution in [2.75, 3.05) is 6.54 Å². The molecule has 0 fully saturated rings. The van der Waals surface area contributed by atoms with Gasteiger partial charge in [-0.3, -0.25) is 19.3 Å². The number of hydrogen-bond donors (Lipinski definition) is 1. The molecule has 0 spiro atoms. The van der Waals surface area contributed by atoms with Crippen LogP contribution < -0.4 is 5.32 Å². The minimum Gasteiger partial charge on any atom is -0.375 e. The van der Waals surface area contributed by atoms with E-state index in [-0.39, 0.29) is 29.7 Å². The molecule has 5 rings (SSSR count). The van der Waals surface area contributed by atoms with Crippen LogP contribution in [0.3, 0.4) is 0 Å². The van der Waals surface area contributed by atoms with Crippen LogP contribution in [0, 0.1) is 0 Å². The van der Waals surface area contributed by atoms with E-state index in [1.165, 1.54) is 11.1 Å². The standard InChI is InChI=1S/C28H23Cl2N3O3/c29-23-8-4-3-7-22(23)17-33-27(35)24(30)25(28(33)36)31-15-18-9-11-20(12-10-18)26(34)32-14-13-19-5-1-2-6-21(19)16-32/h1-12,31H,13-17H2. The Balaban J connectivity index is 1.21. The van der Waals surface area contributed by atoms with Gasteiger partial charge in [-0.15, -0.1) is 0 Å². The van der Waals surface area contributed by atoms with Gasteiger partial charge in [0.15, 0.2) is 0 Å². The number of halogens is 2. The molecule has 1 N–H and O–H groups in total. The van der Waals surface area contributed by atoms with Crippen molar-refractivity contribution in [3.05, 3.63) is 116 Å². The quantitative estimate of drug-likeness (QED) is 0.481. The first-order valence-corrected chi connectivity index (χ1v) is 12.4. The second-order valence-electron chi connectivity index (χ2n) is 8.77. The van der Waals surface area contributed by atoms with E-state index < -0.39 is 11.8 Å². The molecule has 0 aliphatic carbocycles. The zero-order valence-electron chi connectivity index (χ0n) is 19.3. The maximum atomic E-state index is 13.0. The Kier molecular flexibility index (Phi) is 6.81. The van der Waals surface area contributed by atoms with Crippen LogP contribution in [0.4, 0.5) is 0 Å². The van der Waals surface area contributed by atoms with Gasteiger partial charge in [-0.1, -0.05) is 77.8 Å². The van der Waals surface area contributed by atoms with Crippen molar-refractivity contribution in [1.29, 1.82) is 0 Å². The van der Waals surface area contributed by atoms with Gasteiger partial charge < -0.3 is 10.2 Å². The molecule has 3 aromatic rings. The molecule has 0 bridgehead atoms. The fourth-order valence-electron chi connectivity index (χ4n) is 4.45. The van der Waals surface area contributed by atoms with Crippen LogP contribution in [0.15, 0.2) is 83.5 Å². The summed E-state index contributed by atoms with van der Waals surface area (Å²) in [6, 6.07) is 22.4. The van der Waals surface area contributed by atoms with Crippen LogP contribution in [0.5, 0.6) is 0 Å². The Morgan fingerprint density at radius 1 is 0.861 bits per heavy atom. The number of amides is 3. The van der Waals surface area contributed by atoms with E-state index in [0.717, 1.165) is 16.9 Å². The first kappa shape index (κ1) is 24.1. The molecule has 2 aliphatic heterocycles. The van der Waals surface area contributed by atoms with Crippen molar-refractivity contribution in [3.8, 4) is 0 Å². The second-order valence-corrected chi connectivity index (χ2v) is 9.56. The molecule has 3 aromatic carbocycles. The number of nitrogens with one attached hydrogen (secondary N) is 1. The topological polar surface area (TPSA) is 69.7 Å². The van der Waals surface area contributed by atoms with Gasteiger partial charge >= 0.3 is 0 Å². The highest BCUT2D eigenvalue weighted by Crippen LogP contribution is 2.27. The number of carbonyl (C=O) groups excluding carboxylic acids is 3. The summed E-state index contributed by atoms with van der Waals surface area (Å²) in [6.07, 6.45) is 0.847. The molecule has 0 saturated heterocycles. The summed E-state index contributed by atoms with van der Waals surface area (Å²) in [5, 5.41) is 3.31. The summed E-state index contributed by atoms with van der Waals surface area (Å²) in [5.74, 6) is -1.07. The number of fused-ring (bicyclic) bond motifs is 1. The van der Waals surface area contributed by atoms with E-state index >= 15 is 0 Å². The molecule has 3 amide bonds. The van der Waals surface area contributed by atoms with Gasteiger partial charge in [-0.05, 0) is 46.9 Å². The average molecular weight is 520 g/mol. The zero-order chi connectivity index (χ0) is 25.2. The van der Waals surface area contributed by atoms with E-state index in [1.807, 2.05) is 29.2 Å². The van der Waals surface area contributed by atoms with E-state index in [9.17, 15) is 14.4 Å². The fourth-order valence-corrected chi connectivity index (χ4v) is 4.89. The molecular weight excluding hydrogens is 497 g/mol. The lowest BCUT2D eigenvalue weighted by molar-refractivity contribution is -0.138. The Morgan fingerprint density at radius 3 is 2.31 bits per heavy atom. The van der Waals surface area contributed by atoms with Crippen molar-refractivity contribution in [1.82, 2.24) is 15.1 Å². The Labute approximate surface area is 219 Å². The largest absolute Gasteiger partial charge is 0.375 e. The maximum absolute atomic E-state index is 13.0. The number of benzene rings is 3. The van der Waals surface area contributed by atoms with Gasteiger partial charge in [0.1, 0.15) is 10.7 Å². The smallest absolute Gasteiger partial charge is 0.278 e. The van der Waals surface area contributed by atoms with Crippen molar-refractivity contribution in [3.63, 3.8) is 0 Å². The number of carbonyl (C=O) groups is 3. The molecular formula is C28H23Cl2N3O3. The third-order valence-electron chi connectivity index (χ3n) is 6.49. The molecule has 2 heterocycles. The van der Waals surface area contributed by atoms with Crippen LogP contribution in [0.1, 0.15) is 32.6 Å². The van der Waals surface area contributed by atoms with E-state index in [4.69, 9.17) is 23.2 Å². The Morgan fingerprint density at radius 2 is 1.56 bits per heavy atom. The molecule has 0 unspecified atom stereocenters. The summed E-state index contributed by atoms with van der Waals surface area (Å²) in [6.45, 7) is 1.60. The highest BCUT2D eigenvalue weighted by atomic mass is 35.5.